The molecule has 1 aliphatic carbocycles. The van der Waals surface area contributed by atoms with Crippen LogP contribution in [0.25, 0.3) is 16.9 Å². The van der Waals surface area contributed by atoms with E-state index in [0.29, 0.717) is 29.8 Å². The van der Waals surface area contributed by atoms with Crippen molar-refractivity contribution in [3.63, 3.8) is 0 Å². The van der Waals surface area contributed by atoms with E-state index in [1.807, 2.05) is 6.07 Å². The minimum absolute atomic E-state index is 0.0747. The first-order chi connectivity index (χ1) is 12.4. The SMILES string of the molecule is NC(=O)c1nn(-c2cc(F)c(N)c(F)c2)c2c1CCc1ccc(N)cc1-2. The van der Waals surface area contributed by atoms with Crippen LogP contribution in [0.1, 0.15) is 21.6 Å². The molecule has 6 N–H and O–H groups in total. The highest BCUT2D eigenvalue weighted by Crippen LogP contribution is 2.38. The first-order valence-corrected chi connectivity index (χ1v) is 7.92. The monoisotopic (exact) mass is 355 g/mol. The largest absolute Gasteiger partial charge is 0.399 e. The molecule has 8 heteroatoms. The molecule has 3 aromatic rings. The molecular weight excluding hydrogens is 340 g/mol. The second-order valence-electron chi connectivity index (χ2n) is 6.19. The van der Waals surface area contributed by atoms with E-state index in [2.05, 4.69) is 5.10 Å². The number of carbonyl (C=O) groups is 1. The Morgan fingerprint density at radius 3 is 2.42 bits per heavy atom. The zero-order chi connectivity index (χ0) is 18.6. The number of anilines is 2. The Morgan fingerprint density at radius 2 is 1.77 bits per heavy atom. The number of hydrogen-bond acceptors (Lipinski definition) is 4. The maximum Gasteiger partial charge on any atom is 0.269 e. The van der Waals surface area contributed by atoms with E-state index in [-0.39, 0.29) is 11.4 Å². The minimum atomic E-state index is -0.909. The highest BCUT2D eigenvalue weighted by molar-refractivity contribution is 5.95. The maximum atomic E-state index is 14.0. The Hall–Kier alpha value is -3.42. The van der Waals surface area contributed by atoms with Crippen LogP contribution in [0, 0.1) is 11.6 Å². The van der Waals surface area contributed by atoms with Crippen LogP contribution in [-0.2, 0) is 12.8 Å². The molecule has 0 saturated heterocycles. The molecule has 1 amide bonds. The number of nitrogens with zero attached hydrogens (tertiary/aromatic N) is 2. The molecular formula is C18H15F2N5O. The zero-order valence-corrected chi connectivity index (χ0v) is 13.6. The molecule has 0 radical (unpaired) electrons. The second-order valence-corrected chi connectivity index (χ2v) is 6.19. The van der Waals surface area contributed by atoms with Gasteiger partial charge in [0.1, 0.15) is 5.69 Å². The van der Waals surface area contributed by atoms with Crippen molar-refractivity contribution in [3.05, 3.63) is 58.8 Å². The summed E-state index contributed by atoms with van der Waals surface area (Å²) >= 11 is 0. The van der Waals surface area contributed by atoms with Gasteiger partial charge in [-0.05, 0) is 30.5 Å². The molecule has 0 unspecified atom stereocenters. The van der Waals surface area contributed by atoms with E-state index in [0.717, 1.165) is 23.3 Å². The summed E-state index contributed by atoms with van der Waals surface area (Å²) in [6.45, 7) is 0. The van der Waals surface area contributed by atoms with E-state index < -0.39 is 23.2 Å². The molecule has 0 fully saturated rings. The molecule has 0 bridgehead atoms. The fourth-order valence-corrected chi connectivity index (χ4v) is 3.33. The molecule has 132 valence electrons. The molecule has 26 heavy (non-hydrogen) atoms. The van der Waals surface area contributed by atoms with Gasteiger partial charge in [0.2, 0.25) is 0 Å². The lowest BCUT2D eigenvalue weighted by Gasteiger charge is -2.19. The van der Waals surface area contributed by atoms with Crippen molar-refractivity contribution in [1.29, 1.82) is 0 Å². The molecule has 0 aliphatic heterocycles. The van der Waals surface area contributed by atoms with Crippen molar-refractivity contribution in [2.75, 3.05) is 11.5 Å². The number of fused-ring (bicyclic) bond motifs is 3. The number of carbonyl (C=O) groups excluding carboxylic acids is 1. The number of halogens is 2. The van der Waals surface area contributed by atoms with Crippen LogP contribution in [-0.4, -0.2) is 15.7 Å². The number of aryl methyl sites for hydroxylation is 1. The van der Waals surface area contributed by atoms with Gasteiger partial charge < -0.3 is 17.2 Å². The molecule has 1 aliphatic rings. The topological polar surface area (TPSA) is 113 Å². The Balaban J connectivity index is 2.05. The Labute approximate surface area is 147 Å². The van der Waals surface area contributed by atoms with Crippen LogP contribution in [0.4, 0.5) is 20.2 Å². The van der Waals surface area contributed by atoms with Crippen LogP contribution >= 0.6 is 0 Å². The lowest BCUT2D eigenvalue weighted by Crippen LogP contribution is -2.15. The molecule has 0 spiro atoms. The van der Waals surface area contributed by atoms with Gasteiger partial charge in [-0.1, -0.05) is 6.07 Å². The molecule has 1 heterocycles. The third-order valence-electron chi connectivity index (χ3n) is 4.56. The quantitative estimate of drug-likeness (QED) is 0.612. The van der Waals surface area contributed by atoms with Crippen molar-refractivity contribution in [3.8, 4) is 16.9 Å². The minimum Gasteiger partial charge on any atom is -0.399 e. The van der Waals surface area contributed by atoms with Gasteiger partial charge >= 0.3 is 0 Å². The molecule has 0 atom stereocenters. The van der Waals surface area contributed by atoms with Gasteiger partial charge in [-0.15, -0.1) is 0 Å². The first-order valence-electron chi connectivity index (χ1n) is 7.92. The zero-order valence-electron chi connectivity index (χ0n) is 13.6. The Morgan fingerprint density at radius 1 is 1.08 bits per heavy atom. The van der Waals surface area contributed by atoms with Crippen LogP contribution in [0.3, 0.4) is 0 Å². The van der Waals surface area contributed by atoms with E-state index in [1.54, 1.807) is 12.1 Å². The highest BCUT2D eigenvalue weighted by Gasteiger charge is 2.28. The summed E-state index contributed by atoms with van der Waals surface area (Å²) in [6.07, 6.45) is 1.21. The average Bonchev–Trinajstić information content (AvgIpc) is 2.99. The lowest BCUT2D eigenvalue weighted by molar-refractivity contribution is 0.0994. The van der Waals surface area contributed by atoms with Gasteiger partial charge in [0.05, 0.1) is 11.4 Å². The van der Waals surface area contributed by atoms with Crippen molar-refractivity contribution < 1.29 is 13.6 Å². The standard InChI is InChI=1S/C18H15F2N5O/c19-13-6-10(7-14(20)15(13)22)25-17-11(16(24-25)18(23)26)4-2-8-1-3-9(21)5-12(8)17/h1,3,5-7H,2,4,21-22H2,(H2,23,26). The van der Waals surface area contributed by atoms with Crippen LogP contribution < -0.4 is 17.2 Å². The van der Waals surface area contributed by atoms with Gasteiger partial charge in [-0.25, -0.2) is 13.5 Å². The smallest absolute Gasteiger partial charge is 0.269 e. The highest BCUT2D eigenvalue weighted by atomic mass is 19.1. The number of nitrogen functional groups attached to an aromatic ring is 2. The van der Waals surface area contributed by atoms with Gasteiger partial charge in [0.15, 0.2) is 17.3 Å². The maximum absolute atomic E-state index is 14.0. The number of rotatable bonds is 2. The van der Waals surface area contributed by atoms with E-state index in [9.17, 15) is 13.6 Å². The number of nitrogens with two attached hydrogens (primary N) is 3. The van der Waals surface area contributed by atoms with Crippen molar-refractivity contribution in [2.45, 2.75) is 12.8 Å². The van der Waals surface area contributed by atoms with Gasteiger partial charge in [-0.2, -0.15) is 5.10 Å². The Bertz CT molecular complexity index is 1050. The molecule has 4 rings (SSSR count). The van der Waals surface area contributed by atoms with E-state index in [4.69, 9.17) is 17.2 Å². The number of hydrogen-bond donors (Lipinski definition) is 3. The number of aromatic nitrogens is 2. The molecule has 6 nitrogen and oxygen atoms in total. The van der Waals surface area contributed by atoms with Crippen LogP contribution in [0.5, 0.6) is 0 Å². The van der Waals surface area contributed by atoms with E-state index in [1.165, 1.54) is 4.68 Å². The second kappa shape index (κ2) is 5.55. The summed E-state index contributed by atoms with van der Waals surface area (Å²) < 4.78 is 29.2. The molecule has 2 aromatic carbocycles. The molecule has 1 aromatic heterocycles. The van der Waals surface area contributed by atoms with Crippen LogP contribution in [0.2, 0.25) is 0 Å². The van der Waals surface area contributed by atoms with Crippen molar-refractivity contribution >= 4 is 17.3 Å². The summed E-state index contributed by atoms with van der Waals surface area (Å²) in [5.74, 6) is -2.52. The first kappa shape index (κ1) is 16.1. The summed E-state index contributed by atoms with van der Waals surface area (Å²) in [7, 11) is 0. The third kappa shape index (κ3) is 2.30. The molecule has 0 saturated carbocycles. The summed E-state index contributed by atoms with van der Waals surface area (Å²) in [6, 6.07) is 7.55. The summed E-state index contributed by atoms with van der Waals surface area (Å²) in [4.78, 5) is 11.8. The fourth-order valence-electron chi connectivity index (χ4n) is 3.33. The third-order valence-corrected chi connectivity index (χ3v) is 4.56. The number of benzene rings is 2. The lowest BCUT2D eigenvalue weighted by atomic mass is 9.88. The van der Waals surface area contributed by atoms with Crippen LogP contribution in [0.15, 0.2) is 30.3 Å². The Kier molecular flexibility index (Phi) is 3.43. The van der Waals surface area contributed by atoms with Crippen molar-refractivity contribution in [1.82, 2.24) is 9.78 Å². The predicted molar refractivity (Wildman–Crippen MR) is 93.7 cm³/mol. The summed E-state index contributed by atoms with van der Waals surface area (Å²) in [5, 5.41) is 4.23. The van der Waals surface area contributed by atoms with Crippen molar-refractivity contribution in [2.24, 2.45) is 5.73 Å². The number of primary amides is 1. The fraction of sp³-hybridized carbons (Fsp3) is 0.111. The normalized spacial score (nSPS) is 12.5. The predicted octanol–water partition coefficient (Wildman–Crippen LogP) is 2.18. The number of amides is 1. The average molecular weight is 355 g/mol. The van der Waals surface area contributed by atoms with E-state index >= 15 is 0 Å². The van der Waals surface area contributed by atoms with Gasteiger partial charge in [0, 0.05) is 28.9 Å². The summed E-state index contributed by atoms with van der Waals surface area (Å²) in [5.41, 5.74) is 19.8. The van der Waals surface area contributed by atoms with Gasteiger partial charge in [-0.3, -0.25) is 4.79 Å². The van der Waals surface area contributed by atoms with Gasteiger partial charge in [0.25, 0.3) is 5.91 Å².